The molecule has 1 aromatic carbocycles. The van der Waals surface area contributed by atoms with Crippen LogP contribution in [0.25, 0.3) is 0 Å². The van der Waals surface area contributed by atoms with Crippen molar-refractivity contribution in [1.82, 2.24) is 4.90 Å². The van der Waals surface area contributed by atoms with Gasteiger partial charge in [0.1, 0.15) is 5.75 Å². The van der Waals surface area contributed by atoms with Gasteiger partial charge < -0.3 is 20.9 Å². The Morgan fingerprint density at radius 1 is 1.53 bits per heavy atom. The minimum atomic E-state index is -0.255. The molecule has 0 unspecified atom stereocenters. The number of amidine groups is 1. The molecule has 0 aromatic heterocycles. The summed E-state index contributed by atoms with van der Waals surface area (Å²) in [5.74, 6) is -0.190. The predicted octanol–water partition coefficient (Wildman–Crippen LogP) is 0.519. The monoisotopic (exact) mass is 237 g/mol. The zero-order chi connectivity index (χ0) is 13.0. The number of aromatic hydroxyl groups is 1. The maximum absolute atomic E-state index is 12.0. The SMILES string of the molecule is Cc1cc(O)ccc1C(=O)N(C)C/C(N)=N/O. The molecule has 0 saturated heterocycles. The van der Waals surface area contributed by atoms with Crippen molar-refractivity contribution in [2.45, 2.75) is 6.92 Å². The third-order valence-corrected chi connectivity index (χ3v) is 2.31. The number of phenolic OH excluding ortho intramolecular Hbond substituents is 1. The van der Waals surface area contributed by atoms with Gasteiger partial charge in [0.25, 0.3) is 5.91 Å². The van der Waals surface area contributed by atoms with Gasteiger partial charge in [-0.15, -0.1) is 0 Å². The summed E-state index contributed by atoms with van der Waals surface area (Å²) in [6, 6.07) is 4.48. The van der Waals surface area contributed by atoms with Gasteiger partial charge >= 0.3 is 0 Å². The van der Waals surface area contributed by atoms with Gasteiger partial charge in [-0.3, -0.25) is 4.79 Å². The van der Waals surface area contributed by atoms with Gasteiger partial charge in [-0.05, 0) is 30.7 Å². The van der Waals surface area contributed by atoms with Crippen LogP contribution in [0.3, 0.4) is 0 Å². The Hall–Kier alpha value is -2.24. The number of hydrogen-bond donors (Lipinski definition) is 3. The van der Waals surface area contributed by atoms with Crippen LogP contribution in [0.4, 0.5) is 0 Å². The lowest BCUT2D eigenvalue weighted by molar-refractivity contribution is 0.0813. The Labute approximate surface area is 99.0 Å². The van der Waals surface area contributed by atoms with Crippen molar-refractivity contribution in [3.8, 4) is 5.75 Å². The molecule has 4 N–H and O–H groups in total. The van der Waals surface area contributed by atoms with Crippen LogP contribution in [-0.2, 0) is 0 Å². The van der Waals surface area contributed by atoms with Crippen LogP contribution < -0.4 is 5.73 Å². The smallest absolute Gasteiger partial charge is 0.254 e. The van der Waals surface area contributed by atoms with Crippen molar-refractivity contribution in [3.05, 3.63) is 29.3 Å². The van der Waals surface area contributed by atoms with Crippen molar-refractivity contribution in [2.75, 3.05) is 13.6 Å². The van der Waals surface area contributed by atoms with Crippen LogP contribution in [0.2, 0.25) is 0 Å². The van der Waals surface area contributed by atoms with Crippen molar-refractivity contribution >= 4 is 11.7 Å². The molecule has 0 atom stereocenters. The zero-order valence-electron chi connectivity index (χ0n) is 9.71. The molecule has 17 heavy (non-hydrogen) atoms. The van der Waals surface area contributed by atoms with Crippen molar-refractivity contribution in [3.63, 3.8) is 0 Å². The van der Waals surface area contributed by atoms with E-state index in [1.54, 1.807) is 14.0 Å². The Morgan fingerprint density at radius 2 is 2.18 bits per heavy atom. The molecule has 0 saturated carbocycles. The second-order valence-electron chi connectivity index (χ2n) is 3.75. The molecule has 0 aliphatic rings. The summed E-state index contributed by atoms with van der Waals surface area (Å²) in [6.45, 7) is 1.76. The third kappa shape index (κ3) is 3.10. The van der Waals surface area contributed by atoms with E-state index < -0.39 is 0 Å². The number of aryl methyl sites for hydroxylation is 1. The number of benzene rings is 1. The van der Waals surface area contributed by atoms with Gasteiger partial charge in [0, 0.05) is 12.6 Å². The van der Waals surface area contributed by atoms with E-state index in [2.05, 4.69) is 5.16 Å². The fraction of sp³-hybridized carbons (Fsp3) is 0.273. The highest BCUT2D eigenvalue weighted by molar-refractivity contribution is 5.98. The third-order valence-electron chi connectivity index (χ3n) is 2.31. The van der Waals surface area contributed by atoms with Crippen LogP contribution in [-0.4, -0.2) is 40.5 Å². The summed E-state index contributed by atoms with van der Waals surface area (Å²) < 4.78 is 0. The summed E-state index contributed by atoms with van der Waals surface area (Å²) in [4.78, 5) is 13.3. The summed E-state index contributed by atoms with van der Waals surface area (Å²) in [6.07, 6.45) is 0. The number of carbonyl (C=O) groups is 1. The van der Waals surface area contributed by atoms with E-state index in [0.717, 1.165) is 0 Å². The average molecular weight is 237 g/mol. The van der Waals surface area contributed by atoms with Gasteiger partial charge in [-0.25, -0.2) is 0 Å². The van der Waals surface area contributed by atoms with E-state index in [1.165, 1.54) is 23.1 Å². The fourth-order valence-electron chi connectivity index (χ4n) is 1.44. The molecule has 0 aliphatic heterocycles. The van der Waals surface area contributed by atoms with Crippen LogP contribution in [0.15, 0.2) is 23.4 Å². The second-order valence-corrected chi connectivity index (χ2v) is 3.75. The molecule has 1 amide bonds. The van der Waals surface area contributed by atoms with E-state index >= 15 is 0 Å². The first-order valence-electron chi connectivity index (χ1n) is 4.97. The maximum atomic E-state index is 12.0. The van der Waals surface area contributed by atoms with E-state index in [0.29, 0.717) is 11.1 Å². The summed E-state index contributed by atoms with van der Waals surface area (Å²) >= 11 is 0. The average Bonchev–Trinajstić information content (AvgIpc) is 2.28. The van der Waals surface area contributed by atoms with Crippen LogP contribution in [0, 0.1) is 6.92 Å². The molecule has 1 rings (SSSR count). The molecular formula is C11H15N3O3. The highest BCUT2D eigenvalue weighted by Crippen LogP contribution is 2.16. The molecule has 6 nitrogen and oxygen atoms in total. The molecule has 0 radical (unpaired) electrons. The molecule has 0 aliphatic carbocycles. The molecule has 1 aromatic rings. The lowest BCUT2D eigenvalue weighted by Gasteiger charge is -2.17. The van der Waals surface area contributed by atoms with Gasteiger partial charge in [0.2, 0.25) is 0 Å². The fourth-order valence-corrected chi connectivity index (χ4v) is 1.44. The van der Waals surface area contributed by atoms with E-state index in [9.17, 15) is 9.90 Å². The number of likely N-dealkylation sites (N-methyl/N-ethyl adjacent to an activating group) is 1. The molecule has 0 heterocycles. The Morgan fingerprint density at radius 3 is 2.71 bits per heavy atom. The normalized spacial score (nSPS) is 11.3. The maximum Gasteiger partial charge on any atom is 0.254 e. The Bertz CT molecular complexity index is 457. The number of oxime groups is 1. The number of nitrogens with zero attached hydrogens (tertiary/aromatic N) is 2. The molecule has 92 valence electrons. The minimum absolute atomic E-state index is 0.0374. The summed E-state index contributed by atoms with van der Waals surface area (Å²) in [5, 5.41) is 20.5. The first-order chi connectivity index (χ1) is 7.95. The van der Waals surface area contributed by atoms with E-state index in [4.69, 9.17) is 10.9 Å². The van der Waals surface area contributed by atoms with Crippen molar-refractivity contribution in [1.29, 1.82) is 0 Å². The molecule has 0 bridgehead atoms. The van der Waals surface area contributed by atoms with Gasteiger partial charge in [0.15, 0.2) is 5.84 Å². The molecular weight excluding hydrogens is 222 g/mol. The summed E-state index contributed by atoms with van der Waals surface area (Å²) in [7, 11) is 1.55. The minimum Gasteiger partial charge on any atom is -0.508 e. The van der Waals surface area contributed by atoms with Crippen molar-refractivity contribution < 1.29 is 15.1 Å². The number of hydrogen-bond acceptors (Lipinski definition) is 4. The summed E-state index contributed by atoms with van der Waals surface area (Å²) in [5.41, 5.74) is 6.45. The van der Waals surface area contributed by atoms with E-state index in [1.807, 2.05) is 0 Å². The Balaban J connectivity index is 2.89. The molecule has 0 spiro atoms. The highest BCUT2D eigenvalue weighted by Gasteiger charge is 2.15. The number of phenols is 1. The van der Waals surface area contributed by atoms with Gasteiger partial charge in [-0.2, -0.15) is 0 Å². The van der Waals surface area contributed by atoms with Gasteiger partial charge in [-0.1, -0.05) is 5.16 Å². The first kappa shape index (κ1) is 12.8. The second kappa shape index (κ2) is 5.20. The van der Waals surface area contributed by atoms with E-state index in [-0.39, 0.29) is 24.0 Å². The van der Waals surface area contributed by atoms with Crippen molar-refractivity contribution in [2.24, 2.45) is 10.9 Å². The molecule has 6 heteroatoms. The Kier molecular flexibility index (Phi) is 3.92. The number of nitrogens with two attached hydrogens (primary N) is 1. The number of carbonyl (C=O) groups excluding carboxylic acids is 1. The topological polar surface area (TPSA) is 99.2 Å². The number of rotatable bonds is 3. The van der Waals surface area contributed by atoms with Crippen LogP contribution in [0.5, 0.6) is 5.75 Å². The van der Waals surface area contributed by atoms with Crippen LogP contribution >= 0.6 is 0 Å². The highest BCUT2D eigenvalue weighted by atomic mass is 16.4. The number of amides is 1. The molecule has 0 fully saturated rings. The predicted molar refractivity (Wildman–Crippen MR) is 63.2 cm³/mol. The first-order valence-corrected chi connectivity index (χ1v) is 4.97. The zero-order valence-corrected chi connectivity index (χ0v) is 9.71. The standard InChI is InChI=1S/C11H15N3O3/c1-7-5-8(15)3-4-9(7)11(16)14(2)6-10(12)13-17/h3-5,15,17H,6H2,1-2H3,(H2,12,13). The van der Waals surface area contributed by atoms with Gasteiger partial charge in [0.05, 0.1) is 6.54 Å². The lowest BCUT2D eigenvalue weighted by atomic mass is 10.1. The largest absolute Gasteiger partial charge is 0.508 e. The quantitative estimate of drug-likeness (QED) is 0.309. The lowest BCUT2D eigenvalue weighted by Crippen LogP contribution is -2.35. The van der Waals surface area contributed by atoms with Crippen LogP contribution in [0.1, 0.15) is 15.9 Å².